The molecule has 0 aliphatic rings. The van der Waals surface area contributed by atoms with Crippen LogP contribution in [0.25, 0.3) is 0 Å². The van der Waals surface area contributed by atoms with Crippen molar-refractivity contribution in [3.63, 3.8) is 0 Å². The molecule has 27 heavy (non-hydrogen) atoms. The molecule has 0 saturated carbocycles. The van der Waals surface area contributed by atoms with Crippen molar-refractivity contribution in [2.75, 3.05) is 26.8 Å². The van der Waals surface area contributed by atoms with Crippen LogP contribution in [0.4, 0.5) is 0 Å². The van der Waals surface area contributed by atoms with Gasteiger partial charge in [-0.1, -0.05) is 55.5 Å². The maximum Gasteiger partial charge on any atom is 0.310 e. The molecule has 0 aliphatic heterocycles. The van der Waals surface area contributed by atoms with E-state index in [1.807, 2.05) is 60.7 Å². The highest BCUT2D eigenvalue weighted by Crippen LogP contribution is 2.11. The second-order valence-electron chi connectivity index (χ2n) is 6.41. The molecule has 0 heterocycles. The lowest BCUT2D eigenvalue weighted by Crippen LogP contribution is -2.39. The lowest BCUT2D eigenvalue weighted by atomic mass is 10.1. The molecule has 1 unspecified atom stereocenters. The molecule has 5 nitrogen and oxygen atoms in total. The molecule has 1 amide bonds. The average molecular weight is 369 g/mol. The monoisotopic (exact) mass is 369 g/mol. The average Bonchev–Trinajstić information content (AvgIpc) is 2.71. The van der Waals surface area contributed by atoms with Gasteiger partial charge in [0.15, 0.2) is 0 Å². The molecule has 5 heteroatoms. The fourth-order valence-corrected chi connectivity index (χ4v) is 2.76. The predicted octanol–water partition coefficient (Wildman–Crippen LogP) is 3.34. The van der Waals surface area contributed by atoms with Crippen LogP contribution in [0, 0.1) is 5.92 Å². The summed E-state index contributed by atoms with van der Waals surface area (Å²) < 4.78 is 10.4. The zero-order valence-electron chi connectivity index (χ0n) is 16.0. The Morgan fingerprint density at radius 1 is 1.00 bits per heavy atom. The number of ether oxygens (including phenoxy) is 2. The van der Waals surface area contributed by atoms with E-state index in [2.05, 4.69) is 0 Å². The lowest BCUT2D eigenvalue weighted by Gasteiger charge is -2.25. The van der Waals surface area contributed by atoms with Gasteiger partial charge < -0.3 is 14.4 Å². The first kappa shape index (κ1) is 20.5. The molecule has 0 bridgehead atoms. The van der Waals surface area contributed by atoms with E-state index < -0.39 is 0 Å². The van der Waals surface area contributed by atoms with Crippen LogP contribution < -0.4 is 4.74 Å². The van der Waals surface area contributed by atoms with Crippen LogP contribution in [0.3, 0.4) is 0 Å². The standard InChI is InChI=1S/C22H27NO4/c1-18(22(25)26-2)17-23(15-13-19-9-5-3-6-10-19)21(24)14-16-27-20-11-7-4-8-12-20/h3-12,18H,13-17H2,1-2H3. The zero-order valence-corrected chi connectivity index (χ0v) is 16.0. The molecule has 0 fully saturated rings. The number of carbonyl (C=O) groups excluding carboxylic acids is 2. The fraction of sp³-hybridized carbons (Fsp3) is 0.364. The summed E-state index contributed by atoms with van der Waals surface area (Å²) in [4.78, 5) is 26.2. The normalized spacial score (nSPS) is 11.5. The Hall–Kier alpha value is -2.82. The number of amides is 1. The Bertz CT molecular complexity index is 703. The van der Waals surface area contributed by atoms with E-state index in [9.17, 15) is 9.59 Å². The van der Waals surface area contributed by atoms with Gasteiger partial charge in [0.2, 0.25) is 5.91 Å². The van der Waals surface area contributed by atoms with E-state index in [4.69, 9.17) is 9.47 Å². The molecule has 0 N–H and O–H groups in total. The fourth-order valence-electron chi connectivity index (χ4n) is 2.76. The summed E-state index contributed by atoms with van der Waals surface area (Å²) in [7, 11) is 1.36. The van der Waals surface area contributed by atoms with Crippen molar-refractivity contribution in [2.24, 2.45) is 5.92 Å². The van der Waals surface area contributed by atoms with Crippen molar-refractivity contribution in [1.29, 1.82) is 0 Å². The van der Waals surface area contributed by atoms with Crippen LogP contribution in [0.5, 0.6) is 5.75 Å². The maximum absolute atomic E-state index is 12.7. The Morgan fingerprint density at radius 2 is 1.63 bits per heavy atom. The van der Waals surface area contributed by atoms with Gasteiger partial charge in [-0.2, -0.15) is 0 Å². The van der Waals surface area contributed by atoms with Gasteiger partial charge in [-0.25, -0.2) is 0 Å². The van der Waals surface area contributed by atoms with Crippen molar-refractivity contribution < 1.29 is 19.1 Å². The Morgan fingerprint density at radius 3 is 2.26 bits per heavy atom. The minimum absolute atomic E-state index is 0.0300. The lowest BCUT2D eigenvalue weighted by molar-refractivity contribution is -0.146. The van der Waals surface area contributed by atoms with Crippen molar-refractivity contribution in [3.8, 4) is 5.75 Å². The molecule has 0 spiro atoms. The molecule has 2 aromatic carbocycles. The summed E-state index contributed by atoms with van der Waals surface area (Å²) in [6, 6.07) is 19.4. The summed E-state index contributed by atoms with van der Waals surface area (Å²) in [5.74, 6) is 0.0273. The highest BCUT2D eigenvalue weighted by atomic mass is 16.5. The van der Waals surface area contributed by atoms with Gasteiger partial charge in [0.25, 0.3) is 0 Å². The third-order valence-electron chi connectivity index (χ3n) is 4.29. The molecule has 0 aromatic heterocycles. The summed E-state index contributed by atoms with van der Waals surface area (Å²) in [5.41, 5.74) is 1.15. The number of benzene rings is 2. The van der Waals surface area contributed by atoms with Crippen LogP contribution in [-0.2, 0) is 20.7 Å². The third kappa shape index (κ3) is 7.13. The number of methoxy groups -OCH3 is 1. The highest BCUT2D eigenvalue weighted by molar-refractivity contribution is 5.78. The smallest absolute Gasteiger partial charge is 0.310 e. The highest BCUT2D eigenvalue weighted by Gasteiger charge is 2.21. The maximum atomic E-state index is 12.7. The molecule has 0 saturated heterocycles. The van der Waals surface area contributed by atoms with Crippen LogP contribution in [0.1, 0.15) is 18.9 Å². The number of nitrogens with zero attached hydrogens (tertiary/aromatic N) is 1. The third-order valence-corrected chi connectivity index (χ3v) is 4.29. The number of para-hydroxylation sites is 1. The van der Waals surface area contributed by atoms with Gasteiger partial charge >= 0.3 is 5.97 Å². The van der Waals surface area contributed by atoms with Gasteiger partial charge in [0.05, 0.1) is 26.1 Å². The van der Waals surface area contributed by atoms with E-state index in [0.717, 1.165) is 17.7 Å². The first-order valence-electron chi connectivity index (χ1n) is 9.17. The second kappa shape index (κ2) is 11.0. The number of hydrogen-bond donors (Lipinski definition) is 0. The summed E-state index contributed by atoms with van der Waals surface area (Å²) in [6.45, 7) is 2.96. The number of hydrogen-bond acceptors (Lipinski definition) is 4. The van der Waals surface area contributed by atoms with E-state index in [-0.39, 0.29) is 24.2 Å². The van der Waals surface area contributed by atoms with Crippen molar-refractivity contribution in [3.05, 3.63) is 66.2 Å². The minimum atomic E-state index is -0.371. The second-order valence-corrected chi connectivity index (χ2v) is 6.41. The van der Waals surface area contributed by atoms with Crippen molar-refractivity contribution in [1.82, 2.24) is 4.90 Å². The van der Waals surface area contributed by atoms with Gasteiger partial charge in [-0.05, 0) is 24.1 Å². The molecule has 0 radical (unpaired) electrons. The molecule has 0 aliphatic carbocycles. The number of rotatable bonds is 10. The molecule has 2 aromatic rings. The first-order chi connectivity index (χ1) is 13.1. The van der Waals surface area contributed by atoms with Crippen LogP contribution in [0.15, 0.2) is 60.7 Å². The molecule has 144 valence electrons. The zero-order chi connectivity index (χ0) is 19.5. The van der Waals surface area contributed by atoms with E-state index in [0.29, 0.717) is 19.7 Å². The van der Waals surface area contributed by atoms with Crippen molar-refractivity contribution >= 4 is 11.9 Å². The van der Waals surface area contributed by atoms with Gasteiger partial charge in [0, 0.05) is 13.1 Å². The predicted molar refractivity (Wildman–Crippen MR) is 104 cm³/mol. The first-order valence-corrected chi connectivity index (χ1v) is 9.17. The van der Waals surface area contributed by atoms with Crippen LogP contribution in [-0.4, -0.2) is 43.6 Å². The Balaban J connectivity index is 1.92. The summed E-state index contributed by atoms with van der Waals surface area (Å²) >= 11 is 0. The van der Waals surface area contributed by atoms with Gasteiger partial charge in [-0.15, -0.1) is 0 Å². The number of carbonyl (C=O) groups is 2. The quantitative estimate of drug-likeness (QED) is 0.603. The Labute approximate surface area is 160 Å². The minimum Gasteiger partial charge on any atom is -0.493 e. The molecular formula is C22H27NO4. The topological polar surface area (TPSA) is 55.8 Å². The van der Waals surface area contributed by atoms with Crippen molar-refractivity contribution in [2.45, 2.75) is 19.8 Å². The SMILES string of the molecule is COC(=O)C(C)CN(CCc1ccccc1)C(=O)CCOc1ccccc1. The van der Waals surface area contributed by atoms with E-state index in [1.165, 1.54) is 7.11 Å². The van der Waals surface area contributed by atoms with Gasteiger partial charge in [0.1, 0.15) is 5.75 Å². The summed E-state index contributed by atoms with van der Waals surface area (Å²) in [5, 5.41) is 0. The molecule has 1 atom stereocenters. The molecule has 2 rings (SSSR count). The van der Waals surface area contributed by atoms with E-state index in [1.54, 1.807) is 11.8 Å². The van der Waals surface area contributed by atoms with Gasteiger partial charge in [-0.3, -0.25) is 9.59 Å². The molecular weight excluding hydrogens is 342 g/mol. The number of esters is 1. The Kier molecular flexibility index (Phi) is 8.36. The van der Waals surface area contributed by atoms with Crippen LogP contribution in [0.2, 0.25) is 0 Å². The van der Waals surface area contributed by atoms with Crippen LogP contribution >= 0.6 is 0 Å². The largest absolute Gasteiger partial charge is 0.493 e. The summed E-state index contributed by atoms with van der Waals surface area (Å²) in [6.07, 6.45) is 0.998. The van der Waals surface area contributed by atoms with E-state index >= 15 is 0 Å².